The Balaban J connectivity index is 2.02. The van der Waals surface area contributed by atoms with Crippen molar-refractivity contribution in [3.63, 3.8) is 0 Å². The van der Waals surface area contributed by atoms with Gasteiger partial charge in [0.2, 0.25) is 0 Å². The zero-order chi connectivity index (χ0) is 10.9. The lowest BCUT2D eigenvalue weighted by molar-refractivity contribution is 0.00948. The fraction of sp³-hybridized carbons (Fsp3) is 1.00. The summed E-state index contributed by atoms with van der Waals surface area (Å²) in [6.45, 7) is 7.81. The summed E-state index contributed by atoms with van der Waals surface area (Å²) in [5.41, 5.74) is 0. The van der Waals surface area contributed by atoms with Gasteiger partial charge >= 0.3 is 0 Å². The van der Waals surface area contributed by atoms with Crippen molar-refractivity contribution in [3.8, 4) is 0 Å². The van der Waals surface area contributed by atoms with Crippen LogP contribution in [0.1, 0.15) is 32.6 Å². The Morgan fingerprint density at radius 1 is 1.33 bits per heavy atom. The van der Waals surface area contributed by atoms with Gasteiger partial charge in [-0.3, -0.25) is 0 Å². The highest BCUT2D eigenvalue weighted by Gasteiger charge is 2.18. The van der Waals surface area contributed by atoms with E-state index in [0.717, 1.165) is 13.2 Å². The van der Waals surface area contributed by atoms with Crippen molar-refractivity contribution < 1.29 is 4.74 Å². The van der Waals surface area contributed by atoms with Gasteiger partial charge in [0, 0.05) is 19.6 Å². The largest absolute Gasteiger partial charge is 0.377 e. The number of hydrogen-bond donors (Lipinski definition) is 1. The second-order valence-electron chi connectivity index (χ2n) is 4.37. The van der Waals surface area contributed by atoms with Gasteiger partial charge in [0.15, 0.2) is 0 Å². The van der Waals surface area contributed by atoms with E-state index >= 15 is 0 Å². The standard InChI is InChI=1S/C12H26N2O/c1-3-4-8-14-9-5-12(6-10-14)15-11-7-13-2/h12-13H,3-11H2,1-2H3. The molecule has 0 spiro atoms. The number of unbranched alkanes of at least 4 members (excludes halogenated alkanes) is 1. The van der Waals surface area contributed by atoms with E-state index in [1.165, 1.54) is 45.3 Å². The molecule has 1 heterocycles. The number of likely N-dealkylation sites (N-methyl/N-ethyl adjacent to an activating group) is 1. The SMILES string of the molecule is CCCCN1CCC(OCCNC)CC1. The molecule has 3 nitrogen and oxygen atoms in total. The maximum absolute atomic E-state index is 5.79. The molecule has 0 aromatic heterocycles. The molecule has 0 bridgehead atoms. The summed E-state index contributed by atoms with van der Waals surface area (Å²) in [7, 11) is 1.97. The second-order valence-corrected chi connectivity index (χ2v) is 4.37. The highest BCUT2D eigenvalue weighted by Crippen LogP contribution is 2.13. The van der Waals surface area contributed by atoms with Crippen LogP contribution in [0.3, 0.4) is 0 Å². The summed E-state index contributed by atoms with van der Waals surface area (Å²) in [6, 6.07) is 0. The van der Waals surface area contributed by atoms with Crippen LogP contribution in [-0.4, -0.2) is 50.8 Å². The first-order valence-electron chi connectivity index (χ1n) is 6.35. The summed E-state index contributed by atoms with van der Waals surface area (Å²) in [5, 5.41) is 3.11. The first-order chi connectivity index (χ1) is 7.36. The summed E-state index contributed by atoms with van der Waals surface area (Å²) in [6.07, 6.45) is 5.58. The molecular formula is C12H26N2O. The first-order valence-corrected chi connectivity index (χ1v) is 6.35. The van der Waals surface area contributed by atoms with E-state index in [1.807, 2.05) is 7.05 Å². The van der Waals surface area contributed by atoms with Crippen LogP contribution >= 0.6 is 0 Å². The third-order valence-electron chi connectivity index (χ3n) is 3.07. The molecule has 0 atom stereocenters. The first kappa shape index (κ1) is 12.9. The maximum atomic E-state index is 5.79. The van der Waals surface area contributed by atoms with Crippen LogP contribution in [0.15, 0.2) is 0 Å². The van der Waals surface area contributed by atoms with Gasteiger partial charge in [-0.05, 0) is 32.9 Å². The zero-order valence-electron chi connectivity index (χ0n) is 10.3. The van der Waals surface area contributed by atoms with Crippen molar-refractivity contribution in [3.05, 3.63) is 0 Å². The summed E-state index contributed by atoms with van der Waals surface area (Å²) < 4.78 is 5.79. The Morgan fingerprint density at radius 2 is 2.07 bits per heavy atom. The van der Waals surface area contributed by atoms with Gasteiger partial charge in [-0.1, -0.05) is 13.3 Å². The van der Waals surface area contributed by atoms with Gasteiger partial charge in [-0.2, -0.15) is 0 Å². The molecule has 0 aromatic rings. The molecule has 1 rings (SSSR count). The van der Waals surface area contributed by atoms with Crippen LogP contribution in [0, 0.1) is 0 Å². The van der Waals surface area contributed by atoms with Gasteiger partial charge in [0.25, 0.3) is 0 Å². The molecule has 0 aromatic carbocycles. The number of nitrogens with one attached hydrogen (secondary N) is 1. The summed E-state index contributed by atoms with van der Waals surface area (Å²) >= 11 is 0. The van der Waals surface area contributed by atoms with E-state index in [9.17, 15) is 0 Å². The molecule has 3 heteroatoms. The second kappa shape index (κ2) is 8.08. The van der Waals surface area contributed by atoms with Crippen LogP contribution in [0.5, 0.6) is 0 Å². The van der Waals surface area contributed by atoms with Gasteiger partial charge in [0.1, 0.15) is 0 Å². The molecular weight excluding hydrogens is 188 g/mol. The fourth-order valence-electron chi connectivity index (χ4n) is 2.01. The lowest BCUT2D eigenvalue weighted by Crippen LogP contribution is -2.38. The van der Waals surface area contributed by atoms with E-state index in [-0.39, 0.29) is 0 Å². The Labute approximate surface area is 94.2 Å². The quantitative estimate of drug-likeness (QED) is 0.650. The van der Waals surface area contributed by atoms with E-state index < -0.39 is 0 Å². The molecule has 0 amide bonds. The minimum atomic E-state index is 0.510. The number of ether oxygens (including phenoxy) is 1. The third-order valence-corrected chi connectivity index (χ3v) is 3.07. The normalized spacial score (nSPS) is 19.6. The highest BCUT2D eigenvalue weighted by atomic mass is 16.5. The Kier molecular flexibility index (Phi) is 6.98. The van der Waals surface area contributed by atoms with Crippen molar-refractivity contribution in [2.45, 2.75) is 38.7 Å². The lowest BCUT2D eigenvalue weighted by Gasteiger charge is -2.31. The molecule has 1 fully saturated rings. The van der Waals surface area contributed by atoms with E-state index in [2.05, 4.69) is 17.1 Å². The Morgan fingerprint density at radius 3 is 2.67 bits per heavy atom. The van der Waals surface area contributed by atoms with E-state index in [4.69, 9.17) is 4.74 Å². The average Bonchev–Trinajstić information content (AvgIpc) is 2.28. The minimum absolute atomic E-state index is 0.510. The average molecular weight is 214 g/mol. The lowest BCUT2D eigenvalue weighted by atomic mass is 10.1. The van der Waals surface area contributed by atoms with Crippen molar-refractivity contribution in [2.24, 2.45) is 0 Å². The van der Waals surface area contributed by atoms with Gasteiger partial charge in [0.05, 0.1) is 12.7 Å². The maximum Gasteiger partial charge on any atom is 0.0600 e. The third kappa shape index (κ3) is 5.50. The molecule has 0 unspecified atom stereocenters. The number of hydrogen-bond acceptors (Lipinski definition) is 3. The molecule has 1 aliphatic rings. The van der Waals surface area contributed by atoms with E-state index in [0.29, 0.717) is 6.10 Å². The topological polar surface area (TPSA) is 24.5 Å². The van der Waals surface area contributed by atoms with Crippen LogP contribution in [0.25, 0.3) is 0 Å². The van der Waals surface area contributed by atoms with Crippen LogP contribution in [0.4, 0.5) is 0 Å². The summed E-state index contributed by atoms with van der Waals surface area (Å²) in [4.78, 5) is 2.57. The summed E-state index contributed by atoms with van der Waals surface area (Å²) in [5.74, 6) is 0. The van der Waals surface area contributed by atoms with Crippen LogP contribution in [0.2, 0.25) is 0 Å². The van der Waals surface area contributed by atoms with Crippen LogP contribution in [-0.2, 0) is 4.74 Å². The molecule has 0 saturated carbocycles. The van der Waals surface area contributed by atoms with Crippen molar-refractivity contribution in [2.75, 3.05) is 39.8 Å². The molecule has 1 N–H and O–H groups in total. The highest BCUT2D eigenvalue weighted by molar-refractivity contribution is 4.72. The fourth-order valence-corrected chi connectivity index (χ4v) is 2.01. The van der Waals surface area contributed by atoms with Crippen molar-refractivity contribution in [1.29, 1.82) is 0 Å². The zero-order valence-corrected chi connectivity index (χ0v) is 10.3. The number of nitrogens with zero attached hydrogens (tertiary/aromatic N) is 1. The van der Waals surface area contributed by atoms with Gasteiger partial charge in [-0.25, -0.2) is 0 Å². The molecule has 0 radical (unpaired) electrons. The minimum Gasteiger partial charge on any atom is -0.377 e. The molecule has 1 aliphatic heterocycles. The van der Waals surface area contributed by atoms with Gasteiger partial charge < -0.3 is 15.0 Å². The number of piperidine rings is 1. The van der Waals surface area contributed by atoms with Crippen molar-refractivity contribution in [1.82, 2.24) is 10.2 Å². The molecule has 0 aliphatic carbocycles. The predicted molar refractivity (Wildman–Crippen MR) is 64.2 cm³/mol. The number of rotatable bonds is 7. The molecule has 1 saturated heterocycles. The molecule has 15 heavy (non-hydrogen) atoms. The van der Waals surface area contributed by atoms with Crippen LogP contribution < -0.4 is 5.32 Å². The predicted octanol–water partition coefficient (Wildman–Crippen LogP) is 1.49. The Hall–Kier alpha value is -0.120. The smallest absolute Gasteiger partial charge is 0.0600 e. The monoisotopic (exact) mass is 214 g/mol. The Bertz CT molecular complexity index is 145. The number of likely N-dealkylation sites (tertiary alicyclic amines) is 1. The van der Waals surface area contributed by atoms with Crippen molar-refractivity contribution >= 4 is 0 Å². The molecule has 90 valence electrons. The van der Waals surface area contributed by atoms with E-state index in [1.54, 1.807) is 0 Å². The van der Waals surface area contributed by atoms with Gasteiger partial charge in [-0.15, -0.1) is 0 Å².